The standard InChI is InChI=1S/C17H29N5O/c1-13(2)21-8-5-6-17(16(21)23)7-9-20(11-17)10-15-19-18-12-22(15)14(3)4/h12-14H,5-11H2,1-4H3/t17-/m0/s1. The number of hydrogen-bond donors (Lipinski definition) is 0. The molecule has 0 bridgehead atoms. The molecule has 1 spiro atoms. The summed E-state index contributed by atoms with van der Waals surface area (Å²) in [5, 5.41) is 8.32. The molecule has 3 heterocycles. The summed E-state index contributed by atoms with van der Waals surface area (Å²) in [5.74, 6) is 1.37. The highest BCUT2D eigenvalue weighted by Crippen LogP contribution is 2.41. The van der Waals surface area contributed by atoms with Crippen LogP contribution in [-0.2, 0) is 11.3 Å². The Hall–Kier alpha value is -1.43. The van der Waals surface area contributed by atoms with Gasteiger partial charge in [-0.15, -0.1) is 10.2 Å². The lowest BCUT2D eigenvalue weighted by molar-refractivity contribution is -0.147. The van der Waals surface area contributed by atoms with Crippen molar-refractivity contribution in [2.45, 2.75) is 65.6 Å². The Morgan fingerprint density at radius 2 is 1.96 bits per heavy atom. The number of aromatic nitrogens is 3. The van der Waals surface area contributed by atoms with Crippen molar-refractivity contribution in [3.8, 4) is 0 Å². The van der Waals surface area contributed by atoms with Gasteiger partial charge in [0.05, 0.1) is 12.0 Å². The second kappa shape index (κ2) is 6.23. The highest BCUT2D eigenvalue weighted by atomic mass is 16.2. The average molecular weight is 319 g/mol. The molecule has 1 atom stereocenters. The van der Waals surface area contributed by atoms with Crippen LogP contribution in [0.2, 0.25) is 0 Å². The van der Waals surface area contributed by atoms with Crippen molar-refractivity contribution in [2.75, 3.05) is 19.6 Å². The van der Waals surface area contributed by atoms with Gasteiger partial charge in [0.1, 0.15) is 12.2 Å². The van der Waals surface area contributed by atoms with Gasteiger partial charge in [0.15, 0.2) is 0 Å². The number of carbonyl (C=O) groups excluding carboxylic acids is 1. The first kappa shape index (κ1) is 16.4. The van der Waals surface area contributed by atoms with E-state index in [1.54, 1.807) is 6.33 Å². The second-order valence-electron chi connectivity index (χ2n) is 7.69. The normalized spacial score (nSPS) is 26.2. The summed E-state index contributed by atoms with van der Waals surface area (Å²) in [6.45, 7) is 12.1. The summed E-state index contributed by atoms with van der Waals surface area (Å²) >= 11 is 0. The topological polar surface area (TPSA) is 54.3 Å². The van der Waals surface area contributed by atoms with Crippen molar-refractivity contribution in [1.82, 2.24) is 24.6 Å². The summed E-state index contributed by atoms with van der Waals surface area (Å²) in [6.07, 6.45) is 4.94. The van der Waals surface area contributed by atoms with Crippen molar-refractivity contribution >= 4 is 5.91 Å². The van der Waals surface area contributed by atoms with Gasteiger partial charge in [-0.05, 0) is 53.5 Å². The molecule has 2 fully saturated rings. The van der Waals surface area contributed by atoms with Gasteiger partial charge in [-0.2, -0.15) is 0 Å². The van der Waals surface area contributed by atoms with Crippen molar-refractivity contribution in [3.63, 3.8) is 0 Å². The van der Waals surface area contributed by atoms with Crippen LogP contribution >= 0.6 is 0 Å². The molecule has 0 saturated carbocycles. The predicted molar refractivity (Wildman–Crippen MR) is 88.8 cm³/mol. The summed E-state index contributed by atoms with van der Waals surface area (Å²) in [5.41, 5.74) is -0.162. The molecule has 1 aromatic rings. The first-order chi connectivity index (χ1) is 10.9. The number of piperidine rings is 1. The Bertz CT molecular complexity index is 567. The van der Waals surface area contributed by atoms with Gasteiger partial charge in [0, 0.05) is 25.2 Å². The molecular weight excluding hydrogens is 290 g/mol. The molecule has 0 aromatic carbocycles. The highest BCUT2D eigenvalue weighted by molar-refractivity contribution is 5.84. The van der Waals surface area contributed by atoms with Crippen LogP contribution in [0.25, 0.3) is 0 Å². The van der Waals surface area contributed by atoms with Gasteiger partial charge in [0.25, 0.3) is 0 Å². The number of rotatable bonds is 4. The molecule has 0 N–H and O–H groups in total. The third kappa shape index (κ3) is 3.01. The Balaban J connectivity index is 1.70. The Morgan fingerprint density at radius 3 is 2.65 bits per heavy atom. The van der Waals surface area contributed by atoms with E-state index in [9.17, 15) is 4.79 Å². The molecule has 2 aliphatic rings. The van der Waals surface area contributed by atoms with Gasteiger partial charge < -0.3 is 9.47 Å². The summed E-state index contributed by atoms with van der Waals surface area (Å²) in [4.78, 5) is 17.4. The molecule has 1 amide bonds. The molecule has 6 nitrogen and oxygen atoms in total. The van der Waals surface area contributed by atoms with Crippen LogP contribution < -0.4 is 0 Å². The molecular formula is C17H29N5O. The largest absolute Gasteiger partial charge is 0.340 e. The zero-order valence-corrected chi connectivity index (χ0v) is 14.8. The van der Waals surface area contributed by atoms with Gasteiger partial charge in [-0.25, -0.2) is 0 Å². The van der Waals surface area contributed by atoms with Gasteiger partial charge in [-0.1, -0.05) is 0 Å². The van der Waals surface area contributed by atoms with E-state index < -0.39 is 0 Å². The van der Waals surface area contributed by atoms with Crippen molar-refractivity contribution in [1.29, 1.82) is 0 Å². The fraction of sp³-hybridized carbons (Fsp3) is 0.824. The molecule has 1 aromatic heterocycles. The quantitative estimate of drug-likeness (QED) is 0.852. The molecule has 2 aliphatic heterocycles. The Kier molecular flexibility index (Phi) is 4.45. The van der Waals surface area contributed by atoms with Crippen molar-refractivity contribution in [2.24, 2.45) is 5.41 Å². The third-order valence-electron chi connectivity index (χ3n) is 5.39. The van der Waals surface area contributed by atoms with Crippen LogP contribution in [0.5, 0.6) is 0 Å². The molecule has 0 aliphatic carbocycles. The maximum Gasteiger partial charge on any atom is 0.230 e. The minimum Gasteiger partial charge on any atom is -0.340 e. The molecule has 23 heavy (non-hydrogen) atoms. The van der Waals surface area contributed by atoms with E-state index in [1.165, 1.54) is 0 Å². The van der Waals surface area contributed by atoms with Crippen LogP contribution in [0.3, 0.4) is 0 Å². The van der Waals surface area contributed by atoms with Gasteiger partial charge in [-0.3, -0.25) is 9.69 Å². The first-order valence-electron chi connectivity index (χ1n) is 8.85. The number of likely N-dealkylation sites (tertiary alicyclic amines) is 2. The van der Waals surface area contributed by atoms with Gasteiger partial charge >= 0.3 is 0 Å². The first-order valence-corrected chi connectivity index (χ1v) is 8.85. The van der Waals surface area contributed by atoms with E-state index in [-0.39, 0.29) is 5.41 Å². The molecule has 6 heteroatoms. The molecule has 3 rings (SSSR count). The van der Waals surface area contributed by atoms with Crippen LogP contribution in [0, 0.1) is 5.41 Å². The van der Waals surface area contributed by atoms with E-state index in [1.807, 2.05) is 0 Å². The lowest BCUT2D eigenvalue weighted by Crippen LogP contribution is -2.52. The number of nitrogens with zero attached hydrogens (tertiary/aromatic N) is 5. The minimum atomic E-state index is -0.162. The summed E-state index contributed by atoms with van der Waals surface area (Å²) in [7, 11) is 0. The van der Waals surface area contributed by atoms with Crippen LogP contribution in [0.4, 0.5) is 0 Å². The zero-order valence-electron chi connectivity index (χ0n) is 14.8. The predicted octanol–water partition coefficient (Wildman–Crippen LogP) is 2.08. The van der Waals surface area contributed by atoms with E-state index in [2.05, 4.69) is 52.3 Å². The van der Waals surface area contributed by atoms with Crippen molar-refractivity contribution in [3.05, 3.63) is 12.2 Å². The fourth-order valence-corrected chi connectivity index (χ4v) is 4.08. The monoisotopic (exact) mass is 319 g/mol. The van der Waals surface area contributed by atoms with E-state index in [0.717, 1.165) is 51.3 Å². The maximum absolute atomic E-state index is 13.0. The Labute approximate surface area is 138 Å². The molecule has 0 radical (unpaired) electrons. The molecule has 0 unspecified atom stereocenters. The lowest BCUT2D eigenvalue weighted by Gasteiger charge is -2.41. The van der Waals surface area contributed by atoms with Crippen molar-refractivity contribution < 1.29 is 4.79 Å². The lowest BCUT2D eigenvalue weighted by atomic mass is 9.78. The molecule has 2 saturated heterocycles. The number of amides is 1. The Morgan fingerprint density at radius 1 is 1.17 bits per heavy atom. The van der Waals surface area contributed by atoms with Gasteiger partial charge in [0.2, 0.25) is 5.91 Å². The SMILES string of the molecule is CC(C)N1CCC[C@@]2(CCN(Cc3nncn3C(C)C)C2)C1=O. The molecule has 128 valence electrons. The second-order valence-corrected chi connectivity index (χ2v) is 7.69. The average Bonchev–Trinajstić information content (AvgIpc) is 3.10. The van der Waals surface area contributed by atoms with Crippen LogP contribution in [0.1, 0.15) is 58.8 Å². The minimum absolute atomic E-state index is 0.162. The van der Waals surface area contributed by atoms with E-state index >= 15 is 0 Å². The summed E-state index contributed by atoms with van der Waals surface area (Å²) < 4.78 is 2.12. The third-order valence-corrected chi connectivity index (χ3v) is 5.39. The van der Waals surface area contributed by atoms with E-state index in [4.69, 9.17) is 0 Å². The van der Waals surface area contributed by atoms with E-state index in [0.29, 0.717) is 18.0 Å². The maximum atomic E-state index is 13.0. The number of hydrogen-bond acceptors (Lipinski definition) is 4. The highest BCUT2D eigenvalue weighted by Gasteiger charge is 2.48. The zero-order chi connectivity index (χ0) is 16.6. The van der Waals surface area contributed by atoms with Crippen LogP contribution in [-0.4, -0.2) is 56.1 Å². The fourth-order valence-electron chi connectivity index (χ4n) is 4.08. The summed E-state index contributed by atoms with van der Waals surface area (Å²) in [6, 6.07) is 0.669. The smallest absolute Gasteiger partial charge is 0.230 e. The number of carbonyl (C=O) groups is 1. The van der Waals surface area contributed by atoms with Crippen LogP contribution in [0.15, 0.2) is 6.33 Å².